The maximum Gasteiger partial charge on any atom is 0.264 e. The Balaban J connectivity index is 1.75. The second-order valence-corrected chi connectivity index (χ2v) is 7.41. The summed E-state index contributed by atoms with van der Waals surface area (Å²) in [6.45, 7) is 1.71. The molecule has 2 aromatic rings. The topological polar surface area (TPSA) is 106 Å². The molecule has 1 aliphatic rings. The SMILES string of the molecule is Cc1nc(-c2ccc(S(=O)(=O)NC(=O)C3CCC(=O)C3)cc2)co1. The predicted octanol–water partition coefficient (Wildman–Crippen LogP) is 1.82. The van der Waals surface area contributed by atoms with Crippen LogP contribution in [0.3, 0.4) is 0 Å². The van der Waals surface area contributed by atoms with Crippen molar-refractivity contribution in [1.29, 1.82) is 0 Å². The zero-order valence-electron chi connectivity index (χ0n) is 13.0. The van der Waals surface area contributed by atoms with Crippen molar-refractivity contribution in [1.82, 2.24) is 9.71 Å². The highest BCUT2D eigenvalue weighted by atomic mass is 32.2. The molecule has 1 aromatic carbocycles. The number of amides is 1. The molecule has 24 heavy (non-hydrogen) atoms. The average Bonchev–Trinajstić information content (AvgIpc) is 3.16. The van der Waals surface area contributed by atoms with Gasteiger partial charge in [0.15, 0.2) is 5.89 Å². The molecular weight excluding hydrogens is 332 g/mol. The third-order valence-electron chi connectivity index (χ3n) is 3.93. The predicted molar refractivity (Wildman–Crippen MR) is 84.4 cm³/mol. The summed E-state index contributed by atoms with van der Waals surface area (Å²) < 4.78 is 31.7. The number of nitrogens with one attached hydrogen (secondary N) is 1. The Morgan fingerprint density at radius 3 is 2.54 bits per heavy atom. The van der Waals surface area contributed by atoms with Crippen molar-refractivity contribution in [3.63, 3.8) is 0 Å². The molecular formula is C16H16N2O5S. The first-order valence-electron chi connectivity index (χ1n) is 7.46. The third kappa shape index (κ3) is 3.38. The van der Waals surface area contributed by atoms with Gasteiger partial charge in [0.1, 0.15) is 17.7 Å². The second kappa shape index (κ2) is 6.20. The number of hydrogen-bond donors (Lipinski definition) is 1. The third-order valence-corrected chi connectivity index (χ3v) is 5.29. The highest BCUT2D eigenvalue weighted by Gasteiger charge is 2.31. The molecule has 3 rings (SSSR count). The van der Waals surface area contributed by atoms with Crippen LogP contribution in [0.1, 0.15) is 25.2 Å². The van der Waals surface area contributed by atoms with E-state index in [1.807, 2.05) is 4.72 Å². The zero-order valence-corrected chi connectivity index (χ0v) is 13.8. The van der Waals surface area contributed by atoms with Crippen molar-refractivity contribution in [2.24, 2.45) is 5.92 Å². The summed E-state index contributed by atoms with van der Waals surface area (Å²) in [5, 5.41) is 0. The monoisotopic (exact) mass is 348 g/mol. The fraction of sp³-hybridized carbons (Fsp3) is 0.312. The molecule has 1 aliphatic carbocycles. The number of carbonyl (C=O) groups is 2. The first kappa shape index (κ1) is 16.4. The number of ketones is 1. The highest BCUT2D eigenvalue weighted by molar-refractivity contribution is 7.90. The molecule has 1 aromatic heterocycles. The highest BCUT2D eigenvalue weighted by Crippen LogP contribution is 2.24. The van der Waals surface area contributed by atoms with E-state index >= 15 is 0 Å². The van der Waals surface area contributed by atoms with Crippen molar-refractivity contribution < 1.29 is 22.4 Å². The van der Waals surface area contributed by atoms with E-state index in [2.05, 4.69) is 4.98 Å². The first-order chi connectivity index (χ1) is 11.3. The second-order valence-electron chi connectivity index (χ2n) is 5.72. The van der Waals surface area contributed by atoms with Gasteiger partial charge in [0.2, 0.25) is 5.91 Å². The van der Waals surface area contributed by atoms with Crippen molar-refractivity contribution in [2.45, 2.75) is 31.1 Å². The molecule has 1 heterocycles. The summed E-state index contributed by atoms with van der Waals surface area (Å²) in [5.41, 5.74) is 1.31. The number of oxazole rings is 1. The van der Waals surface area contributed by atoms with Gasteiger partial charge in [-0.3, -0.25) is 9.59 Å². The Morgan fingerprint density at radius 2 is 2.00 bits per heavy atom. The molecule has 1 amide bonds. The maximum atomic E-state index is 12.3. The van der Waals surface area contributed by atoms with E-state index in [9.17, 15) is 18.0 Å². The van der Waals surface area contributed by atoms with E-state index in [-0.39, 0.29) is 17.1 Å². The minimum Gasteiger partial charge on any atom is -0.449 e. The van der Waals surface area contributed by atoms with Crippen LogP contribution in [0.25, 0.3) is 11.3 Å². The molecule has 0 spiro atoms. The molecule has 1 fully saturated rings. The van der Waals surface area contributed by atoms with Crippen LogP contribution < -0.4 is 4.72 Å². The normalized spacial score (nSPS) is 17.9. The van der Waals surface area contributed by atoms with Crippen molar-refractivity contribution in [3.05, 3.63) is 36.4 Å². The van der Waals surface area contributed by atoms with Gasteiger partial charge in [0, 0.05) is 31.2 Å². The quantitative estimate of drug-likeness (QED) is 0.903. The Bertz CT molecular complexity index is 883. The lowest BCUT2D eigenvalue weighted by Gasteiger charge is -2.10. The Labute approximate surface area is 139 Å². The van der Waals surface area contributed by atoms with E-state index in [1.165, 1.54) is 18.4 Å². The number of aryl methyl sites for hydroxylation is 1. The van der Waals surface area contributed by atoms with Gasteiger partial charge in [-0.15, -0.1) is 0 Å². The van der Waals surface area contributed by atoms with Crippen LogP contribution in [-0.4, -0.2) is 25.1 Å². The van der Waals surface area contributed by atoms with Crippen LogP contribution in [0.5, 0.6) is 0 Å². The Hall–Kier alpha value is -2.48. The molecule has 1 saturated carbocycles. The summed E-state index contributed by atoms with van der Waals surface area (Å²) >= 11 is 0. The van der Waals surface area contributed by atoms with Gasteiger partial charge < -0.3 is 4.42 Å². The fourth-order valence-electron chi connectivity index (χ4n) is 2.61. The minimum absolute atomic E-state index is 0.0141. The molecule has 1 N–H and O–H groups in total. The number of nitrogens with zero attached hydrogens (tertiary/aromatic N) is 1. The molecule has 126 valence electrons. The van der Waals surface area contributed by atoms with Crippen LogP contribution in [0.4, 0.5) is 0 Å². The largest absolute Gasteiger partial charge is 0.449 e. The van der Waals surface area contributed by atoms with Gasteiger partial charge in [-0.1, -0.05) is 12.1 Å². The number of hydrogen-bond acceptors (Lipinski definition) is 6. The summed E-state index contributed by atoms with van der Waals surface area (Å²) in [4.78, 5) is 27.4. The zero-order chi connectivity index (χ0) is 17.3. The summed E-state index contributed by atoms with van der Waals surface area (Å²) in [7, 11) is -3.96. The van der Waals surface area contributed by atoms with E-state index in [1.54, 1.807) is 19.1 Å². The fourth-order valence-corrected chi connectivity index (χ4v) is 3.66. The van der Waals surface area contributed by atoms with E-state index < -0.39 is 21.8 Å². The van der Waals surface area contributed by atoms with Crippen LogP contribution in [-0.2, 0) is 19.6 Å². The molecule has 0 aliphatic heterocycles. The minimum atomic E-state index is -3.96. The van der Waals surface area contributed by atoms with Gasteiger partial charge in [-0.25, -0.2) is 18.1 Å². The van der Waals surface area contributed by atoms with Crippen LogP contribution >= 0.6 is 0 Å². The first-order valence-corrected chi connectivity index (χ1v) is 8.94. The summed E-state index contributed by atoms with van der Waals surface area (Å²) in [6, 6.07) is 5.98. The molecule has 8 heteroatoms. The number of benzene rings is 1. The lowest BCUT2D eigenvalue weighted by atomic mass is 10.1. The van der Waals surface area contributed by atoms with Gasteiger partial charge in [-0.05, 0) is 18.6 Å². The number of rotatable bonds is 4. The summed E-state index contributed by atoms with van der Waals surface area (Å²) in [5.74, 6) is -0.693. The molecule has 0 saturated heterocycles. The number of sulfonamides is 1. The van der Waals surface area contributed by atoms with Gasteiger partial charge in [0.05, 0.1) is 4.90 Å². The summed E-state index contributed by atoms with van der Waals surface area (Å²) in [6.07, 6.45) is 2.30. The van der Waals surface area contributed by atoms with Crippen LogP contribution in [0, 0.1) is 12.8 Å². The van der Waals surface area contributed by atoms with E-state index in [4.69, 9.17) is 4.42 Å². The molecule has 1 unspecified atom stereocenters. The maximum absolute atomic E-state index is 12.3. The van der Waals surface area contributed by atoms with E-state index in [0.717, 1.165) is 0 Å². The van der Waals surface area contributed by atoms with Crippen molar-refractivity contribution in [2.75, 3.05) is 0 Å². The lowest BCUT2D eigenvalue weighted by molar-refractivity contribution is -0.125. The van der Waals surface area contributed by atoms with Crippen LogP contribution in [0.2, 0.25) is 0 Å². The van der Waals surface area contributed by atoms with Gasteiger partial charge in [0.25, 0.3) is 10.0 Å². The molecule has 7 nitrogen and oxygen atoms in total. The number of aromatic nitrogens is 1. The molecule has 1 atom stereocenters. The van der Waals surface area contributed by atoms with Crippen molar-refractivity contribution in [3.8, 4) is 11.3 Å². The van der Waals surface area contributed by atoms with Crippen LogP contribution in [0.15, 0.2) is 39.8 Å². The Kier molecular flexibility index (Phi) is 4.23. The van der Waals surface area contributed by atoms with Crippen molar-refractivity contribution >= 4 is 21.7 Å². The lowest BCUT2D eigenvalue weighted by Crippen LogP contribution is -2.34. The average molecular weight is 348 g/mol. The smallest absolute Gasteiger partial charge is 0.264 e. The number of carbonyl (C=O) groups excluding carboxylic acids is 2. The number of Topliss-reactive ketones (excluding diaryl/α,β-unsaturated/α-hetero) is 1. The molecule has 0 bridgehead atoms. The Morgan fingerprint density at radius 1 is 1.29 bits per heavy atom. The standard InChI is InChI=1S/C16H16N2O5S/c1-10-17-15(9-23-10)11-3-6-14(7-4-11)24(21,22)18-16(20)12-2-5-13(19)8-12/h3-4,6-7,9,12H,2,5,8H2,1H3,(H,18,20). The van der Waals surface area contributed by atoms with Gasteiger partial charge in [-0.2, -0.15) is 0 Å². The van der Waals surface area contributed by atoms with E-state index in [0.29, 0.717) is 30.0 Å². The molecule has 0 radical (unpaired) electrons. The van der Waals surface area contributed by atoms with Gasteiger partial charge >= 0.3 is 0 Å².